The highest BCUT2D eigenvalue weighted by molar-refractivity contribution is 6.28. The van der Waals surface area contributed by atoms with Gasteiger partial charge in [-0.05, 0) is 30.9 Å². The van der Waals surface area contributed by atoms with Crippen molar-refractivity contribution in [2.24, 2.45) is 5.92 Å². The predicted molar refractivity (Wildman–Crippen MR) is 74.5 cm³/mol. The summed E-state index contributed by atoms with van der Waals surface area (Å²) in [6.45, 7) is 6.44. The van der Waals surface area contributed by atoms with Crippen LogP contribution in [-0.2, 0) is 0 Å². The third-order valence-corrected chi connectivity index (χ3v) is 2.70. The molecular formula is C12H17ClN6. The minimum absolute atomic E-state index is 0.165. The third kappa shape index (κ3) is 3.89. The van der Waals surface area contributed by atoms with Crippen LogP contribution in [0.2, 0.25) is 5.28 Å². The lowest BCUT2D eigenvalue weighted by molar-refractivity contribution is 0.537. The lowest BCUT2D eigenvalue weighted by Gasteiger charge is -2.16. The smallest absolute Gasteiger partial charge is 0.241 e. The predicted octanol–water partition coefficient (Wildman–Crippen LogP) is 2.56. The molecule has 19 heavy (non-hydrogen) atoms. The summed E-state index contributed by atoms with van der Waals surface area (Å²) in [4.78, 5) is 16.4. The normalized spacial score (nSPS) is 12.7. The van der Waals surface area contributed by atoms with Crippen LogP contribution in [0.1, 0.15) is 27.2 Å². The van der Waals surface area contributed by atoms with Crippen molar-refractivity contribution in [2.75, 3.05) is 5.32 Å². The Hall–Kier alpha value is -1.69. The van der Waals surface area contributed by atoms with Gasteiger partial charge >= 0.3 is 0 Å². The SMILES string of the molecule is CC(C)CC(C)Nc1nc(Cl)nc(-n2ccnc2)n1. The van der Waals surface area contributed by atoms with Gasteiger partial charge in [0.25, 0.3) is 0 Å². The van der Waals surface area contributed by atoms with Crippen molar-refractivity contribution in [2.45, 2.75) is 33.2 Å². The van der Waals surface area contributed by atoms with E-state index in [-0.39, 0.29) is 11.3 Å². The van der Waals surface area contributed by atoms with E-state index in [0.717, 1.165) is 6.42 Å². The molecule has 0 fully saturated rings. The molecule has 7 heteroatoms. The van der Waals surface area contributed by atoms with Crippen molar-refractivity contribution in [3.8, 4) is 5.95 Å². The molecule has 2 heterocycles. The van der Waals surface area contributed by atoms with Gasteiger partial charge in [0.2, 0.25) is 17.2 Å². The van der Waals surface area contributed by atoms with E-state index in [1.165, 1.54) is 0 Å². The molecule has 0 saturated carbocycles. The van der Waals surface area contributed by atoms with Gasteiger partial charge < -0.3 is 5.32 Å². The first-order valence-electron chi connectivity index (χ1n) is 6.21. The van der Waals surface area contributed by atoms with Crippen LogP contribution in [0.3, 0.4) is 0 Å². The molecule has 0 bridgehead atoms. The Kier molecular flexibility index (Phi) is 4.31. The molecule has 1 atom stereocenters. The topological polar surface area (TPSA) is 68.5 Å². The summed E-state index contributed by atoms with van der Waals surface area (Å²) < 4.78 is 1.69. The van der Waals surface area contributed by atoms with Crippen molar-refractivity contribution in [3.05, 3.63) is 24.0 Å². The zero-order valence-electron chi connectivity index (χ0n) is 11.2. The number of hydrogen-bond donors (Lipinski definition) is 1. The average molecular weight is 281 g/mol. The molecule has 2 rings (SSSR count). The van der Waals surface area contributed by atoms with E-state index >= 15 is 0 Å². The van der Waals surface area contributed by atoms with Gasteiger partial charge in [-0.2, -0.15) is 15.0 Å². The molecule has 1 N–H and O–H groups in total. The molecule has 2 aromatic rings. The summed E-state index contributed by atoms with van der Waals surface area (Å²) in [6, 6.07) is 0.272. The van der Waals surface area contributed by atoms with E-state index in [4.69, 9.17) is 11.6 Å². The molecule has 0 aliphatic rings. The largest absolute Gasteiger partial charge is 0.352 e. The second-order valence-electron chi connectivity index (χ2n) is 4.87. The lowest BCUT2D eigenvalue weighted by atomic mass is 10.1. The number of hydrogen-bond acceptors (Lipinski definition) is 5. The molecule has 0 aromatic carbocycles. The van der Waals surface area contributed by atoms with E-state index in [9.17, 15) is 0 Å². The molecule has 0 amide bonds. The zero-order chi connectivity index (χ0) is 13.8. The van der Waals surface area contributed by atoms with Crippen molar-refractivity contribution in [1.29, 1.82) is 0 Å². The maximum atomic E-state index is 5.92. The van der Waals surface area contributed by atoms with Gasteiger partial charge in [-0.15, -0.1) is 0 Å². The fraction of sp³-hybridized carbons (Fsp3) is 0.500. The monoisotopic (exact) mass is 280 g/mol. The van der Waals surface area contributed by atoms with Crippen LogP contribution in [-0.4, -0.2) is 30.5 Å². The van der Waals surface area contributed by atoms with Crippen molar-refractivity contribution >= 4 is 17.5 Å². The van der Waals surface area contributed by atoms with E-state index in [1.54, 1.807) is 23.3 Å². The van der Waals surface area contributed by atoms with Gasteiger partial charge in [0, 0.05) is 18.4 Å². The Morgan fingerprint density at radius 1 is 1.26 bits per heavy atom. The average Bonchev–Trinajstić information content (AvgIpc) is 2.79. The van der Waals surface area contributed by atoms with Crippen molar-refractivity contribution < 1.29 is 0 Å². The number of anilines is 1. The quantitative estimate of drug-likeness (QED) is 0.911. The van der Waals surface area contributed by atoms with Crippen molar-refractivity contribution in [1.82, 2.24) is 24.5 Å². The molecule has 1 unspecified atom stereocenters. The third-order valence-electron chi connectivity index (χ3n) is 2.53. The Balaban J connectivity index is 2.18. The van der Waals surface area contributed by atoms with E-state index in [0.29, 0.717) is 17.8 Å². The van der Waals surface area contributed by atoms with Crippen LogP contribution in [0.5, 0.6) is 0 Å². The molecule has 102 valence electrons. The van der Waals surface area contributed by atoms with Crippen LogP contribution in [0.25, 0.3) is 5.95 Å². The first kappa shape index (κ1) is 13.7. The zero-order valence-corrected chi connectivity index (χ0v) is 12.0. The highest BCUT2D eigenvalue weighted by Gasteiger charge is 2.10. The molecule has 0 radical (unpaired) electrons. The second kappa shape index (κ2) is 5.97. The van der Waals surface area contributed by atoms with Crippen LogP contribution < -0.4 is 5.32 Å². The van der Waals surface area contributed by atoms with Gasteiger partial charge in [0.15, 0.2) is 0 Å². The molecule has 0 saturated heterocycles. The molecule has 6 nitrogen and oxygen atoms in total. The number of imidazole rings is 1. The number of rotatable bonds is 5. The maximum Gasteiger partial charge on any atom is 0.241 e. The first-order valence-corrected chi connectivity index (χ1v) is 6.59. The number of nitrogens with zero attached hydrogens (tertiary/aromatic N) is 5. The summed E-state index contributed by atoms with van der Waals surface area (Å²) in [5.74, 6) is 1.54. The van der Waals surface area contributed by atoms with Gasteiger partial charge in [-0.3, -0.25) is 4.57 Å². The lowest BCUT2D eigenvalue weighted by Crippen LogP contribution is -2.20. The van der Waals surface area contributed by atoms with Crippen LogP contribution in [0.15, 0.2) is 18.7 Å². The maximum absolute atomic E-state index is 5.92. The fourth-order valence-electron chi connectivity index (χ4n) is 1.88. The van der Waals surface area contributed by atoms with Crippen molar-refractivity contribution in [3.63, 3.8) is 0 Å². The summed E-state index contributed by atoms with van der Waals surface area (Å²) in [6.07, 6.45) is 6.07. The van der Waals surface area contributed by atoms with Gasteiger partial charge in [0.1, 0.15) is 6.33 Å². The highest BCUT2D eigenvalue weighted by Crippen LogP contribution is 2.13. The van der Waals surface area contributed by atoms with E-state index in [1.807, 2.05) is 0 Å². The Labute approximate surface area is 117 Å². The standard InChI is InChI=1S/C12H17ClN6/c1-8(2)6-9(3)15-11-16-10(13)17-12(18-11)19-5-4-14-7-19/h4-5,7-9H,6H2,1-3H3,(H,15,16,17,18). The Morgan fingerprint density at radius 2 is 2.05 bits per heavy atom. The second-order valence-corrected chi connectivity index (χ2v) is 5.21. The molecule has 0 aliphatic carbocycles. The summed E-state index contributed by atoms with van der Waals surface area (Å²) in [7, 11) is 0. The molecular weight excluding hydrogens is 264 g/mol. The van der Waals surface area contributed by atoms with Crippen LogP contribution >= 0.6 is 11.6 Å². The minimum Gasteiger partial charge on any atom is -0.352 e. The highest BCUT2D eigenvalue weighted by atomic mass is 35.5. The number of aromatic nitrogens is 5. The summed E-state index contributed by atoms with van der Waals surface area (Å²) in [5, 5.41) is 3.40. The number of halogens is 1. The van der Waals surface area contributed by atoms with Gasteiger partial charge in [0.05, 0.1) is 0 Å². The summed E-state index contributed by atoms with van der Waals surface area (Å²) >= 11 is 5.92. The Bertz CT molecular complexity index is 525. The van der Waals surface area contributed by atoms with E-state index in [2.05, 4.69) is 46.0 Å². The summed E-state index contributed by atoms with van der Waals surface area (Å²) in [5.41, 5.74) is 0. The fourth-order valence-corrected chi connectivity index (χ4v) is 2.04. The Morgan fingerprint density at radius 3 is 2.68 bits per heavy atom. The van der Waals surface area contributed by atoms with Gasteiger partial charge in [-0.1, -0.05) is 13.8 Å². The molecule has 0 aliphatic heterocycles. The van der Waals surface area contributed by atoms with Crippen LogP contribution in [0.4, 0.5) is 5.95 Å². The van der Waals surface area contributed by atoms with E-state index < -0.39 is 0 Å². The minimum atomic E-state index is 0.165. The first-order chi connectivity index (χ1) is 9.04. The number of nitrogens with one attached hydrogen (secondary N) is 1. The molecule has 0 spiro atoms. The van der Waals surface area contributed by atoms with Gasteiger partial charge in [-0.25, -0.2) is 4.98 Å². The van der Waals surface area contributed by atoms with Crippen LogP contribution in [0, 0.1) is 5.92 Å². The molecule has 2 aromatic heterocycles.